The van der Waals surface area contributed by atoms with Gasteiger partial charge in [-0.2, -0.15) is 0 Å². The van der Waals surface area contributed by atoms with Gasteiger partial charge in [-0.3, -0.25) is 9.59 Å². The highest BCUT2D eigenvalue weighted by atomic mass is 35.5. The van der Waals surface area contributed by atoms with E-state index < -0.39 is 5.91 Å². The number of ketones is 1. The summed E-state index contributed by atoms with van der Waals surface area (Å²) in [6.07, 6.45) is 0. The lowest BCUT2D eigenvalue weighted by Gasteiger charge is -2.11. The Kier molecular flexibility index (Phi) is 5.08. The largest absolute Gasteiger partial charge is 0.396 e. The van der Waals surface area contributed by atoms with E-state index in [0.717, 1.165) is 0 Å². The molecule has 2 aromatic carbocycles. The average Bonchev–Trinajstić information content (AvgIpc) is 3.13. The Labute approximate surface area is 158 Å². The monoisotopic (exact) mass is 390 g/mol. The molecule has 126 valence electrons. The number of hydrogen-bond donors (Lipinski definition) is 2. The molecule has 0 saturated heterocycles. The minimum absolute atomic E-state index is 0.200. The predicted octanol–water partition coefficient (Wildman–Crippen LogP) is 5.12. The van der Waals surface area contributed by atoms with Crippen LogP contribution in [-0.2, 0) is 0 Å². The molecule has 0 fully saturated rings. The molecule has 0 atom stereocenters. The fourth-order valence-electron chi connectivity index (χ4n) is 2.27. The topological polar surface area (TPSA) is 72.2 Å². The van der Waals surface area contributed by atoms with E-state index in [4.69, 9.17) is 28.9 Å². The van der Waals surface area contributed by atoms with Gasteiger partial charge in [0.15, 0.2) is 0 Å². The molecule has 3 N–H and O–H groups in total. The number of amides is 1. The van der Waals surface area contributed by atoms with Gasteiger partial charge in [0.1, 0.15) is 0 Å². The highest BCUT2D eigenvalue weighted by Crippen LogP contribution is 2.31. The first-order chi connectivity index (χ1) is 12.0. The zero-order valence-electron chi connectivity index (χ0n) is 12.8. The van der Waals surface area contributed by atoms with Gasteiger partial charge >= 0.3 is 0 Å². The van der Waals surface area contributed by atoms with E-state index in [1.165, 1.54) is 23.5 Å². The first-order valence-electron chi connectivity index (χ1n) is 7.20. The van der Waals surface area contributed by atoms with Crippen LogP contribution in [0, 0.1) is 0 Å². The lowest BCUT2D eigenvalue weighted by Crippen LogP contribution is -2.16. The first kappa shape index (κ1) is 17.5. The molecule has 3 aromatic rings. The van der Waals surface area contributed by atoms with Crippen LogP contribution in [0.2, 0.25) is 10.0 Å². The molecule has 0 bridgehead atoms. The molecule has 3 rings (SSSR count). The van der Waals surface area contributed by atoms with Crippen LogP contribution in [0.15, 0.2) is 53.9 Å². The van der Waals surface area contributed by atoms with Crippen molar-refractivity contribution in [3.8, 4) is 0 Å². The summed E-state index contributed by atoms with van der Waals surface area (Å²) in [5.74, 6) is -0.633. The van der Waals surface area contributed by atoms with Crippen molar-refractivity contribution in [1.29, 1.82) is 0 Å². The fraction of sp³-hybridized carbons (Fsp3) is 0. The molecule has 25 heavy (non-hydrogen) atoms. The van der Waals surface area contributed by atoms with Crippen molar-refractivity contribution < 1.29 is 9.59 Å². The maximum Gasteiger partial charge on any atom is 0.256 e. The van der Waals surface area contributed by atoms with Gasteiger partial charge in [-0.15, -0.1) is 11.3 Å². The molecule has 0 radical (unpaired) electrons. The number of halogens is 2. The highest BCUT2D eigenvalue weighted by molar-refractivity contribution is 7.12. The Morgan fingerprint density at radius 3 is 2.20 bits per heavy atom. The van der Waals surface area contributed by atoms with Crippen LogP contribution in [0.3, 0.4) is 0 Å². The number of thiophene rings is 1. The molecule has 1 heterocycles. The third-order valence-electron chi connectivity index (χ3n) is 3.50. The first-order valence-corrected chi connectivity index (χ1v) is 8.84. The molecule has 7 heteroatoms. The fourth-order valence-corrected chi connectivity index (χ4v) is 3.44. The lowest BCUT2D eigenvalue weighted by molar-refractivity contribution is 0.0998. The summed E-state index contributed by atoms with van der Waals surface area (Å²) in [6.45, 7) is 0. The van der Waals surface area contributed by atoms with Crippen LogP contribution in [0.5, 0.6) is 0 Å². The minimum atomic E-state index is -0.433. The van der Waals surface area contributed by atoms with E-state index >= 15 is 0 Å². The van der Waals surface area contributed by atoms with Crippen LogP contribution in [0.25, 0.3) is 0 Å². The Morgan fingerprint density at radius 2 is 1.60 bits per heavy atom. The van der Waals surface area contributed by atoms with Gasteiger partial charge in [0, 0.05) is 11.3 Å². The molecule has 1 aromatic heterocycles. The zero-order chi connectivity index (χ0) is 18.0. The van der Waals surface area contributed by atoms with Gasteiger partial charge in [-0.25, -0.2) is 0 Å². The van der Waals surface area contributed by atoms with E-state index in [0.29, 0.717) is 16.1 Å². The Morgan fingerprint density at radius 1 is 0.960 bits per heavy atom. The van der Waals surface area contributed by atoms with Crippen LogP contribution < -0.4 is 11.1 Å². The summed E-state index contributed by atoms with van der Waals surface area (Å²) in [5.41, 5.74) is 6.93. The lowest BCUT2D eigenvalue weighted by atomic mass is 10.0. The van der Waals surface area contributed by atoms with Gasteiger partial charge in [0.2, 0.25) is 5.78 Å². The number of nitrogens with one attached hydrogen (secondary N) is 1. The molecule has 0 aliphatic heterocycles. The van der Waals surface area contributed by atoms with Crippen molar-refractivity contribution in [2.75, 3.05) is 11.1 Å². The standard InChI is InChI=1S/C18H12Cl2N2O2S/c19-13-8-10(9-14(20)16(13)21)22-18(24)12-5-2-1-4-11(12)17(23)15-6-3-7-25-15/h1-9H,21H2,(H,22,24). The molecule has 0 spiro atoms. The number of carbonyl (C=O) groups is 2. The quantitative estimate of drug-likeness (QED) is 0.479. The third kappa shape index (κ3) is 3.69. The van der Waals surface area contributed by atoms with Crippen molar-refractivity contribution in [3.05, 3.63) is 80.0 Å². The third-order valence-corrected chi connectivity index (χ3v) is 4.99. The van der Waals surface area contributed by atoms with Crippen molar-refractivity contribution in [2.45, 2.75) is 0 Å². The number of anilines is 2. The van der Waals surface area contributed by atoms with E-state index in [-0.39, 0.29) is 27.1 Å². The number of rotatable bonds is 4. The van der Waals surface area contributed by atoms with Crippen LogP contribution in [-0.4, -0.2) is 11.7 Å². The number of hydrogen-bond acceptors (Lipinski definition) is 4. The van der Waals surface area contributed by atoms with Gasteiger partial charge in [0.05, 0.1) is 26.2 Å². The summed E-state index contributed by atoms with van der Waals surface area (Å²) in [5, 5.41) is 4.99. The van der Waals surface area contributed by atoms with Crippen molar-refractivity contribution in [3.63, 3.8) is 0 Å². The average molecular weight is 391 g/mol. The predicted molar refractivity (Wildman–Crippen MR) is 103 cm³/mol. The van der Waals surface area contributed by atoms with Crippen molar-refractivity contribution >= 4 is 57.6 Å². The molecular weight excluding hydrogens is 379 g/mol. The van der Waals surface area contributed by atoms with Crippen LogP contribution in [0.4, 0.5) is 11.4 Å². The molecule has 0 aliphatic rings. The summed E-state index contributed by atoms with van der Waals surface area (Å²) in [6, 6.07) is 13.2. The number of benzene rings is 2. The molecule has 0 saturated carbocycles. The molecule has 4 nitrogen and oxygen atoms in total. The number of nitrogen functional groups attached to an aromatic ring is 1. The normalized spacial score (nSPS) is 10.5. The Bertz CT molecular complexity index is 932. The zero-order valence-corrected chi connectivity index (χ0v) is 15.1. The molecular formula is C18H12Cl2N2O2S. The summed E-state index contributed by atoms with van der Waals surface area (Å²) in [4.78, 5) is 25.8. The highest BCUT2D eigenvalue weighted by Gasteiger charge is 2.19. The maximum absolute atomic E-state index is 12.6. The van der Waals surface area contributed by atoms with Gasteiger partial charge in [0.25, 0.3) is 5.91 Å². The second-order valence-electron chi connectivity index (χ2n) is 5.16. The molecule has 1 amide bonds. The van der Waals surface area contributed by atoms with Gasteiger partial charge in [-0.05, 0) is 29.6 Å². The Hall–Kier alpha value is -2.34. The Balaban J connectivity index is 1.92. The second kappa shape index (κ2) is 7.27. The maximum atomic E-state index is 12.6. The van der Waals surface area contributed by atoms with E-state index in [1.807, 2.05) is 5.38 Å². The van der Waals surface area contributed by atoms with Crippen LogP contribution in [0.1, 0.15) is 25.6 Å². The van der Waals surface area contributed by atoms with Crippen LogP contribution >= 0.6 is 34.5 Å². The number of carbonyl (C=O) groups excluding carboxylic acids is 2. The number of nitrogens with two attached hydrogens (primary N) is 1. The second-order valence-corrected chi connectivity index (χ2v) is 6.92. The summed E-state index contributed by atoms with van der Waals surface area (Å²) < 4.78 is 0. The van der Waals surface area contributed by atoms with Crippen molar-refractivity contribution in [1.82, 2.24) is 0 Å². The summed E-state index contributed by atoms with van der Waals surface area (Å²) >= 11 is 13.3. The van der Waals surface area contributed by atoms with Gasteiger partial charge in [-0.1, -0.05) is 47.5 Å². The van der Waals surface area contributed by atoms with E-state index in [2.05, 4.69) is 5.32 Å². The minimum Gasteiger partial charge on any atom is -0.396 e. The van der Waals surface area contributed by atoms with Gasteiger partial charge < -0.3 is 11.1 Å². The van der Waals surface area contributed by atoms with E-state index in [1.54, 1.807) is 36.4 Å². The van der Waals surface area contributed by atoms with Crippen molar-refractivity contribution in [2.24, 2.45) is 0 Å². The summed E-state index contributed by atoms with van der Waals surface area (Å²) in [7, 11) is 0. The molecule has 0 aliphatic carbocycles. The SMILES string of the molecule is Nc1c(Cl)cc(NC(=O)c2ccccc2C(=O)c2cccs2)cc1Cl. The van der Waals surface area contributed by atoms with E-state index in [9.17, 15) is 9.59 Å². The smallest absolute Gasteiger partial charge is 0.256 e. The molecule has 0 unspecified atom stereocenters.